The van der Waals surface area contributed by atoms with Crippen LogP contribution in [0.4, 0.5) is 18.9 Å². The molecule has 0 aliphatic carbocycles. The fourth-order valence-corrected chi connectivity index (χ4v) is 3.55. The first-order valence-corrected chi connectivity index (χ1v) is 11.3. The Morgan fingerprint density at radius 1 is 1.00 bits per heavy atom. The molecule has 1 heterocycles. The van der Waals surface area contributed by atoms with Crippen molar-refractivity contribution in [2.75, 3.05) is 5.32 Å². The lowest BCUT2D eigenvalue weighted by atomic mass is 10.00. The zero-order valence-electron chi connectivity index (χ0n) is 19.9. The van der Waals surface area contributed by atoms with Gasteiger partial charge in [0.25, 0.3) is 5.56 Å². The van der Waals surface area contributed by atoms with Crippen LogP contribution in [0.2, 0.25) is 5.02 Å². The molecule has 10 heteroatoms. The Bertz CT molecular complexity index is 1340. The summed E-state index contributed by atoms with van der Waals surface area (Å²) in [6.07, 6.45) is -3.38. The van der Waals surface area contributed by atoms with Gasteiger partial charge in [-0.1, -0.05) is 11.6 Å². The average Bonchev–Trinajstić information content (AvgIpc) is 2.77. The van der Waals surface area contributed by atoms with E-state index in [1.165, 1.54) is 43.5 Å². The minimum Gasteiger partial charge on any atom is -0.456 e. The number of alkyl halides is 3. The minimum atomic E-state index is -4.64. The lowest BCUT2D eigenvalue weighted by Gasteiger charge is -2.19. The summed E-state index contributed by atoms with van der Waals surface area (Å²) in [5.41, 5.74) is -1.76. The van der Waals surface area contributed by atoms with Crippen LogP contribution >= 0.6 is 11.6 Å². The van der Waals surface area contributed by atoms with Crippen LogP contribution in [0, 0.1) is 0 Å². The normalized spacial score (nSPS) is 12.7. The van der Waals surface area contributed by atoms with Gasteiger partial charge in [-0.3, -0.25) is 9.59 Å². The van der Waals surface area contributed by atoms with Crippen LogP contribution in [-0.4, -0.2) is 22.0 Å². The van der Waals surface area contributed by atoms with E-state index in [-0.39, 0.29) is 16.1 Å². The van der Waals surface area contributed by atoms with Crippen molar-refractivity contribution in [3.05, 3.63) is 87.3 Å². The summed E-state index contributed by atoms with van der Waals surface area (Å²) in [4.78, 5) is 37.6. The second kappa shape index (κ2) is 10.2. The van der Waals surface area contributed by atoms with Crippen molar-refractivity contribution in [2.45, 2.75) is 45.5 Å². The maximum atomic E-state index is 13.4. The van der Waals surface area contributed by atoms with Crippen molar-refractivity contribution >= 4 is 29.2 Å². The topological polar surface area (TPSA) is 77.4 Å². The molecule has 2 aromatic carbocycles. The lowest BCUT2D eigenvalue weighted by Crippen LogP contribution is -2.31. The van der Waals surface area contributed by atoms with Crippen LogP contribution in [-0.2, 0) is 15.7 Å². The molecule has 0 spiro atoms. The molecule has 1 aromatic heterocycles. The van der Waals surface area contributed by atoms with Crippen molar-refractivity contribution in [3.63, 3.8) is 0 Å². The number of nitrogens with one attached hydrogen (secondary N) is 1. The highest BCUT2D eigenvalue weighted by Crippen LogP contribution is 2.38. The number of carbonyl (C=O) groups excluding carboxylic acids is 2. The first-order valence-electron chi connectivity index (χ1n) is 10.9. The second-order valence-electron chi connectivity index (χ2n) is 9.09. The van der Waals surface area contributed by atoms with Crippen molar-refractivity contribution in [2.24, 2.45) is 0 Å². The van der Waals surface area contributed by atoms with Gasteiger partial charge in [-0.2, -0.15) is 13.2 Å². The number of amides is 1. The summed E-state index contributed by atoms with van der Waals surface area (Å²) in [5.74, 6) is -1.04. The van der Waals surface area contributed by atoms with Gasteiger partial charge in [-0.15, -0.1) is 0 Å². The van der Waals surface area contributed by atoms with Gasteiger partial charge in [-0.25, -0.2) is 4.79 Å². The van der Waals surface area contributed by atoms with Crippen LogP contribution in [0.15, 0.2) is 65.6 Å². The van der Waals surface area contributed by atoms with Crippen LogP contribution in [0.1, 0.15) is 49.7 Å². The zero-order valence-corrected chi connectivity index (χ0v) is 20.7. The standard InChI is InChI=1S/C26H24ClF3N2O4/c1-15(23(34)31-19-8-5-16(6-9-19)24(35)36-25(2,3)4)32-12-11-17(13-22(32)33)20-14-18(27)7-10-21(20)26(28,29)30/h5-15H,1-4H3,(H,31,34). The molecule has 1 atom stereocenters. The number of benzene rings is 2. The fourth-order valence-electron chi connectivity index (χ4n) is 3.38. The molecule has 6 nitrogen and oxygen atoms in total. The summed E-state index contributed by atoms with van der Waals surface area (Å²) >= 11 is 5.88. The molecule has 0 saturated carbocycles. The number of hydrogen-bond acceptors (Lipinski definition) is 4. The van der Waals surface area contributed by atoms with E-state index in [4.69, 9.17) is 16.3 Å². The van der Waals surface area contributed by atoms with E-state index in [1.807, 2.05) is 0 Å². The van der Waals surface area contributed by atoms with Crippen LogP contribution in [0.25, 0.3) is 11.1 Å². The lowest BCUT2D eigenvalue weighted by molar-refractivity contribution is -0.137. The van der Waals surface area contributed by atoms with Gasteiger partial charge in [0.2, 0.25) is 5.91 Å². The first-order chi connectivity index (χ1) is 16.7. The molecule has 0 saturated heterocycles. The molecule has 0 radical (unpaired) electrons. The summed E-state index contributed by atoms with van der Waals surface area (Å²) in [7, 11) is 0. The van der Waals surface area contributed by atoms with E-state index in [2.05, 4.69) is 5.32 Å². The number of carbonyl (C=O) groups is 2. The number of esters is 1. The van der Waals surface area contributed by atoms with Crippen LogP contribution in [0.3, 0.4) is 0 Å². The van der Waals surface area contributed by atoms with Gasteiger partial charge < -0.3 is 14.6 Å². The van der Waals surface area contributed by atoms with Crippen molar-refractivity contribution in [1.29, 1.82) is 0 Å². The van der Waals surface area contributed by atoms with E-state index in [0.717, 1.165) is 28.8 Å². The second-order valence-corrected chi connectivity index (χ2v) is 9.53. The number of rotatable bonds is 5. The molecule has 3 rings (SSSR count). The van der Waals surface area contributed by atoms with Gasteiger partial charge in [0.05, 0.1) is 11.1 Å². The highest BCUT2D eigenvalue weighted by Gasteiger charge is 2.34. The molecule has 1 unspecified atom stereocenters. The van der Waals surface area contributed by atoms with Crippen LogP contribution < -0.4 is 10.9 Å². The maximum Gasteiger partial charge on any atom is 0.417 e. The Labute approximate surface area is 210 Å². The van der Waals surface area contributed by atoms with Crippen molar-refractivity contribution < 1.29 is 27.5 Å². The predicted molar refractivity (Wildman–Crippen MR) is 131 cm³/mol. The molecule has 0 bridgehead atoms. The smallest absolute Gasteiger partial charge is 0.417 e. The van der Waals surface area contributed by atoms with E-state index in [0.29, 0.717) is 11.3 Å². The number of pyridine rings is 1. The molecule has 1 amide bonds. The van der Waals surface area contributed by atoms with Gasteiger partial charge in [0, 0.05) is 23.0 Å². The number of nitrogens with zero attached hydrogens (tertiary/aromatic N) is 1. The molecule has 190 valence electrons. The quantitative estimate of drug-likeness (QED) is 0.398. The molecule has 0 aliphatic rings. The molecule has 0 fully saturated rings. The molecule has 36 heavy (non-hydrogen) atoms. The molecule has 0 aliphatic heterocycles. The van der Waals surface area contributed by atoms with E-state index >= 15 is 0 Å². The molecule has 3 aromatic rings. The summed E-state index contributed by atoms with van der Waals surface area (Å²) < 4.78 is 46.7. The van der Waals surface area contributed by atoms with Gasteiger partial charge in [0.1, 0.15) is 11.6 Å². The Morgan fingerprint density at radius 2 is 1.64 bits per heavy atom. The number of ether oxygens (including phenoxy) is 1. The number of halogens is 4. The van der Waals surface area contributed by atoms with Crippen LogP contribution in [0.5, 0.6) is 0 Å². The number of hydrogen-bond donors (Lipinski definition) is 1. The summed E-state index contributed by atoms with van der Waals surface area (Å²) in [5, 5.41) is 2.74. The zero-order chi connectivity index (χ0) is 26.8. The predicted octanol–water partition coefficient (Wildman–Crippen LogP) is 6.34. The largest absolute Gasteiger partial charge is 0.456 e. The third-order valence-electron chi connectivity index (χ3n) is 5.13. The molecular weight excluding hydrogens is 497 g/mol. The van der Waals surface area contributed by atoms with E-state index < -0.39 is 40.8 Å². The average molecular weight is 521 g/mol. The Morgan fingerprint density at radius 3 is 2.19 bits per heavy atom. The third kappa shape index (κ3) is 6.54. The SMILES string of the molecule is CC(C(=O)Nc1ccc(C(=O)OC(C)(C)C)cc1)n1ccc(-c2cc(Cl)ccc2C(F)(F)F)cc1=O. The maximum absolute atomic E-state index is 13.4. The summed E-state index contributed by atoms with van der Waals surface area (Å²) in [6, 6.07) is 10.5. The van der Waals surface area contributed by atoms with Gasteiger partial charge in [-0.05, 0) is 87.4 Å². The fraction of sp³-hybridized carbons (Fsp3) is 0.269. The minimum absolute atomic E-state index is 0.0245. The van der Waals surface area contributed by atoms with Gasteiger partial charge in [0.15, 0.2) is 0 Å². The Kier molecular flexibility index (Phi) is 7.64. The van der Waals surface area contributed by atoms with E-state index in [1.54, 1.807) is 20.8 Å². The monoisotopic (exact) mass is 520 g/mol. The van der Waals surface area contributed by atoms with E-state index in [9.17, 15) is 27.6 Å². The number of anilines is 1. The highest BCUT2D eigenvalue weighted by atomic mass is 35.5. The Balaban J connectivity index is 1.78. The number of aromatic nitrogens is 1. The van der Waals surface area contributed by atoms with Crippen molar-refractivity contribution in [3.8, 4) is 11.1 Å². The summed E-state index contributed by atoms with van der Waals surface area (Å²) in [6.45, 7) is 6.73. The van der Waals surface area contributed by atoms with Crippen molar-refractivity contribution in [1.82, 2.24) is 4.57 Å². The molecule has 1 N–H and O–H groups in total. The third-order valence-corrected chi connectivity index (χ3v) is 5.36. The van der Waals surface area contributed by atoms with Gasteiger partial charge >= 0.3 is 12.1 Å². The molecular formula is C26H24ClF3N2O4. The first kappa shape index (κ1) is 27.0. The highest BCUT2D eigenvalue weighted by molar-refractivity contribution is 6.30. The Hall–Kier alpha value is -3.59.